The van der Waals surface area contributed by atoms with Crippen LogP contribution < -0.4 is 5.32 Å². The predicted octanol–water partition coefficient (Wildman–Crippen LogP) is 1.09. The number of amides is 1. The molecule has 1 aromatic heterocycles. The topological polar surface area (TPSA) is 95.1 Å². The Balaban J connectivity index is 1.97. The number of aromatic amines is 1. The van der Waals surface area contributed by atoms with Crippen molar-refractivity contribution in [3.63, 3.8) is 0 Å². The molecule has 3 N–H and O–H groups in total. The molecular weight excluding hydrogens is 234 g/mol. The Bertz CT molecular complexity index is 430. The Labute approximate surface area is 105 Å². The second-order valence-corrected chi connectivity index (χ2v) is 4.74. The normalized spacial score (nSPS) is 24.7. The number of hydrogen-bond acceptors (Lipinski definition) is 3. The summed E-state index contributed by atoms with van der Waals surface area (Å²) in [4.78, 5) is 23.1. The van der Waals surface area contributed by atoms with Crippen molar-refractivity contribution in [3.8, 4) is 0 Å². The first kappa shape index (κ1) is 12.6. The van der Waals surface area contributed by atoms with E-state index in [1.165, 1.54) is 0 Å². The Kier molecular flexibility index (Phi) is 3.64. The third-order valence-corrected chi connectivity index (χ3v) is 3.55. The van der Waals surface area contributed by atoms with Gasteiger partial charge in [-0.15, -0.1) is 0 Å². The number of carboxylic acid groups (broad SMARTS) is 1. The number of H-pyrrole nitrogens is 1. The zero-order chi connectivity index (χ0) is 13.1. The summed E-state index contributed by atoms with van der Waals surface area (Å²) in [5.74, 6) is -1.99. The third kappa shape index (κ3) is 2.52. The summed E-state index contributed by atoms with van der Waals surface area (Å²) in [6.45, 7) is 1.85. The van der Waals surface area contributed by atoms with Crippen molar-refractivity contribution in [3.05, 3.63) is 18.0 Å². The predicted molar refractivity (Wildman–Crippen MR) is 63.6 cm³/mol. The highest BCUT2D eigenvalue weighted by atomic mass is 16.4. The van der Waals surface area contributed by atoms with Gasteiger partial charge in [0, 0.05) is 11.8 Å². The molecule has 18 heavy (non-hydrogen) atoms. The molecule has 0 radical (unpaired) electrons. The Morgan fingerprint density at radius 2 is 2.22 bits per heavy atom. The minimum Gasteiger partial charge on any atom is -0.481 e. The second kappa shape index (κ2) is 5.20. The average molecular weight is 251 g/mol. The summed E-state index contributed by atoms with van der Waals surface area (Å²) in [5.41, 5.74) is 0.883. The van der Waals surface area contributed by atoms with Crippen LogP contribution in [-0.4, -0.2) is 27.2 Å². The van der Waals surface area contributed by atoms with E-state index in [0.29, 0.717) is 12.8 Å². The minimum absolute atomic E-state index is 0.161. The van der Waals surface area contributed by atoms with Gasteiger partial charge in [0.25, 0.3) is 0 Å². The summed E-state index contributed by atoms with van der Waals surface area (Å²) in [7, 11) is 0. The van der Waals surface area contributed by atoms with Gasteiger partial charge in [-0.2, -0.15) is 5.10 Å². The monoisotopic (exact) mass is 251 g/mol. The lowest BCUT2D eigenvalue weighted by Crippen LogP contribution is -2.36. The number of carboxylic acids is 1. The number of carbonyl (C=O) groups excluding carboxylic acids is 1. The van der Waals surface area contributed by atoms with Crippen LogP contribution in [0, 0.1) is 11.8 Å². The van der Waals surface area contributed by atoms with Crippen LogP contribution in [0.4, 0.5) is 0 Å². The molecule has 1 saturated carbocycles. The van der Waals surface area contributed by atoms with Gasteiger partial charge in [-0.1, -0.05) is 6.42 Å². The maximum atomic E-state index is 12.1. The van der Waals surface area contributed by atoms with Crippen LogP contribution in [0.3, 0.4) is 0 Å². The first-order chi connectivity index (χ1) is 8.59. The quantitative estimate of drug-likeness (QED) is 0.746. The smallest absolute Gasteiger partial charge is 0.307 e. The Hall–Kier alpha value is -1.85. The summed E-state index contributed by atoms with van der Waals surface area (Å²) in [6, 6.07) is -0.161. The molecule has 1 aliphatic rings. The number of aliphatic carboxylic acids is 1. The van der Waals surface area contributed by atoms with Crippen LogP contribution in [0.5, 0.6) is 0 Å². The van der Waals surface area contributed by atoms with Crippen molar-refractivity contribution in [2.24, 2.45) is 11.8 Å². The number of aromatic nitrogens is 2. The van der Waals surface area contributed by atoms with Gasteiger partial charge < -0.3 is 10.4 Å². The second-order valence-electron chi connectivity index (χ2n) is 4.74. The molecule has 0 bridgehead atoms. The molecule has 2 rings (SSSR count). The fourth-order valence-corrected chi connectivity index (χ4v) is 2.47. The molecule has 1 fully saturated rings. The van der Waals surface area contributed by atoms with Gasteiger partial charge in [0.2, 0.25) is 5.91 Å². The van der Waals surface area contributed by atoms with Gasteiger partial charge in [-0.25, -0.2) is 0 Å². The third-order valence-electron chi connectivity index (χ3n) is 3.55. The molecule has 1 unspecified atom stereocenters. The molecule has 0 aliphatic heterocycles. The lowest BCUT2D eigenvalue weighted by Gasteiger charge is -2.18. The van der Waals surface area contributed by atoms with Crippen LogP contribution in [0.15, 0.2) is 12.4 Å². The van der Waals surface area contributed by atoms with E-state index in [-0.39, 0.29) is 11.9 Å². The van der Waals surface area contributed by atoms with E-state index >= 15 is 0 Å². The van der Waals surface area contributed by atoms with Gasteiger partial charge in [-0.3, -0.25) is 14.7 Å². The van der Waals surface area contributed by atoms with Crippen molar-refractivity contribution in [1.82, 2.24) is 15.5 Å². The molecule has 0 saturated heterocycles. The van der Waals surface area contributed by atoms with Crippen LogP contribution in [0.1, 0.15) is 37.8 Å². The first-order valence-corrected chi connectivity index (χ1v) is 6.11. The van der Waals surface area contributed by atoms with Crippen LogP contribution >= 0.6 is 0 Å². The van der Waals surface area contributed by atoms with Gasteiger partial charge in [0.1, 0.15) is 0 Å². The van der Waals surface area contributed by atoms with E-state index < -0.39 is 17.8 Å². The zero-order valence-corrected chi connectivity index (χ0v) is 10.2. The fraction of sp³-hybridized carbons (Fsp3) is 0.583. The molecule has 6 nitrogen and oxygen atoms in total. The van der Waals surface area contributed by atoms with Crippen LogP contribution in [0.2, 0.25) is 0 Å². The SMILES string of the molecule is CC(NC(=O)[C@@H]1CCC[C@@H]1C(=O)O)c1cn[nH]c1. The molecular formula is C12H17N3O3. The number of nitrogens with zero attached hydrogens (tertiary/aromatic N) is 1. The Morgan fingerprint density at radius 1 is 1.50 bits per heavy atom. The van der Waals surface area contributed by atoms with Crippen molar-refractivity contribution >= 4 is 11.9 Å². The minimum atomic E-state index is -0.872. The van der Waals surface area contributed by atoms with Crippen molar-refractivity contribution in [2.75, 3.05) is 0 Å². The lowest BCUT2D eigenvalue weighted by atomic mass is 9.95. The van der Waals surface area contributed by atoms with Gasteiger partial charge >= 0.3 is 5.97 Å². The largest absolute Gasteiger partial charge is 0.481 e. The van der Waals surface area contributed by atoms with E-state index in [2.05, 4.69) is 15.5 Å². The maximum Gasteiger partial charge on any atom is 0.307 e. The van der Waals surface area contributed by atoms with Gasteiger partial charge in [0.15, 0.2) is 0 Å². The van der Waals surface area contributed by atoms with Crippen molar-refractivity contribution < 1.29 is 14.7 Å². The van der Waals surface area contributed by atoms with E-state index in [1.54, 1.807) is 12.4 Å². The van der Waals surface area contributed by atoms with Crippen molar-refractivity contribution in [1.29, 1.82) is 0 Å². The number of carbonyl (C=O) groups is 2. The molecule has 1 aromatic rings. The number of rotatable bonds is 4. The molecule has 0 aromatic carbocycles. The van der Waals surface area contributed by atoms with Crippen LogP contribution in [-0.2, 0) is 9.59 Å². The van der Waals surface area contributed by atoms with Gasteiger partial charge in [0.05, 0.1) is 24.1 Å². The summed E-state index contributed by atoms with van der Waals surface area (Å²) in [6.07, 6.45) is 5.41. The van der Waals surface area contributed by atoms with Crippen molar-refractivity contribution in [2.45, 2.75) is 32.2 Å². The molecule has 3 atom stereocenters. The van der Waals surface area contributed by atoms with E-state index in [9.17, 15) is 9.59 Å². The highest BCUT2D eigenvalue weighted by Gasteiger charge is 2.38. The van der Waals surface area contributed by atoms with Crippen LogP contribution in [0.25, 0.3) is 0 Å². The maximum absolute atomic E-state index is 12.1. The standard InChI is InChI=1S/C12H17N3O3/c1-7(8-5-13-14-6-8)15-11(16)9-3-2-4-10(9)12(17)18/h5-7,9-10H,2-4H2,1H3,(H,13,14)(H,15,16)(H,17,18)/t7?,9-,10+/m1/s1. The van der Waals surface area contributed by atoms with Gasteiger partial charge in [-0.05, 0) is 19.8 Å². The summed E-state index contributed by atoms with van der Waals surface area (Å²) < 4.78 is 0. The molecule has 1 aliphatic carbocycles. The molecule has 6 heteroatoms. The lowest BCUT2D eigenvalue weighted by molar-refractivity contribution is -0.146. The summed E-state index contributed by atoms with van der Waals surface area (Å²) in [5, 5.41) is 18.4. The zero-order valence-electron chi connectivity index (χ0n) is 10.2. The molecule has 1 amide bonds. The van der Waals surface area contributed by atoms with E-state index in [1.807, 2.05) is 6.92 Å². The molecule has 98 valence electrons. The summed E-state index contributed by atoms with van der Waals surface area (Å²) >= 11 is 0. The molecule has 1 heterocycles. The van der Waals surface area contributed by atoms with E-state index in [0.717, 1.165) is 12.0 Å². The number of nitrogens with one attached hydrogen (secondary N) is 2. The highest BCUT2D eigenvalue weighted by molar-refractivity contribution is 5.85. The number of hydrogen-bond donors (Lipinski definition) is 3. The average Bonchev–Trinajstić information content (AvgIpc) is 3.00. The molecule has 0 spiro atoms. The first-order valence-electron chi connectivity index (χ1n) is 6.11. The Morgan fingerprint density at radius 3 is 2.83 bits per heavy atom. The fourth-order valence-electron chi connectivity index (χ4n) is 2.47. The highest BCUT2D eigenvalue weighted by Crippen LogP contribution is 2.32. The van der Waals surface area contributed by atoms with E-state index in [4.69, 9.17) is 5.11 Å².